The highest BCUT2D eigenvalue weighted by molar-refractivity contribution is 7.99. The van der Waals surface area contributed by atoms with Gasteiger partial charge in [0.05, 0.1) is 29.3 Å². The van der Waals surface area contributed by atoms with Crippen molar-refractivity contribution in [2.75, 3.05) is 23.8 Å². The fourth-order valence-electron chi connectivity index (χ4n) is 2.58. The van der Waals surface area contributed by atoms with Crippen LogP contribution in [0.2, 0.25) is 0 Å². The summed E-state index contributed by atoms with van der Waals surface area (Å²) in [6.07, 6.45) is 4.09. The minimum atomic E-state index is -2.97. The minimum Gasteiger partial charge on any atom is -0.468 e. The summed E-state index contributed by atoms with van der Waals surface area (Å²) in [6, 6.07) is 3.57. The number of rotatable bonds is 8. The molecule has 1 atom stereocenters. The molecule has 0 spiro atoms. The van der Waals surface area contributed by atoms with Crippen molar-refractivity contribution in [2.45, 2.75) is 38.0 Å². The molecule has 2 rings (SSSR count). The number of hydrogen-bond donors (Lipinski definition) is 0. The van der Waals surface area contributed by atoms with Crippen molar-refractivity contribution in [1.29, 1.82) is 0 Å². The Kier molecular flexibility index (Phi) is 6.37. The second-order valence-electron chi connectivity index (χ2n) is 5.57. The van der Waals surface area contributed by atoms with Crippen molar-refractivity contribution < 1.29 is 17.6 Å². The fraction of sp³-hybridized carbons (Fsp3) is 0.667. The zero-order valence-electron chi connectivity index (χ0n) is 12.9. The van der Waals surface area contributed by atoms with Crippen LogP contribution in [-0.4, -0.2) is 49.1 Å². The second kappa shape index (κ2) is 8.06. The van der Waals surface area contributed by atoms with Crippen LogP contribution in [0, 0.1) is 0 Å². The lowest BCUT2D eigenvalue weighted by Crippen LogP contribution is -2.42. The molecule has 5 nitrogen and oxygen atoms in total. The first-order valence-corrected chi connectivity index (χ1v) is 10.6. The number of unbranched alkanes of at least 4 members (excludes halogenated alkanes) is 1. The van der Waals surface area contributed by atoms with Gasteiger partial charge >= 0.3 is 0 Å². The predicted molar refractivity (Wildman–Crippen MR) is 88.5 cm³/mol. The van der Waals surface area contributed by atoms with E-state index in [1.54, 1.807) is 11.2 Å². The van der Waals surface area contributed by atoms with E-state index in [1.807, 2.05) is 12.1 Å². The molecule has 0 radical (unpaired) electrons. The smallest absolute Gasteiger partial charge is 0.232 e. The van der Waals surface area contributed by atoms with Gasteiger partial charge in [-0.2, -0.15) is 0 Å². The van der Waals surface area contributed by atoms with Gasteiger partial charge in [-0.15, -0.1) is 11.8 Å². The molecule has 124 valence electrons. The highest BCUT2D eigenvalue weighted by Gasteiger charge is 2.34. The number of thioether (sulfide) groups is 1. The van der Waals surface area contributed by atoms with Crippen molar-refractivity contribution in [3.63, 3.8) is 0 Å². The molecule has 1 aliphatic rings. The van der Waals surface area contributed by atoms with E-state index in [1.165, 1.54) is 11.8 Å². The van der Waals surface area contributed by atoms with Gasteiger partial charge in [-0.05, 0) is 25.0 Å². The number of nitrogens with zero attached hydrogens (tertiary/aromatic N) is 1. The molecule has 1 aromatic heterocycles. The molecule has 0 saturated carbocycles. The molecule has 0 aromatic carbocycles. The van der Waals surface area contributed by atoms with Crippen molar-refractivity contribution in [3.8, 4) is 0 Å². The van der Waals surface area contributed by atoms with Gasteiger partial charge in [0.1, 0.15) is 5.76 Å². The Morgan fingerprint density at radius 3 is 2.91 bits per heavy atom. The molecule has 1 aliphatic heterocycles. The first kappa shape index (κ1) is 17.4. The maximum atomic E-state index is 12.5. The molecule has 1 fully saturated rings. The summed E-state index contributed by atoms with van der Waals surface area (Å²) in [5.74, 6) is 2.22. The molecule has 1 amide bonds. The Labute approximate surface area is 136 Å². The third-order valence-corrected chi connectivity index (χ3v) is 6.46. The Bertz CT molecular complexity index is 568. The van der Waals surface area contributed by atoms with Gasteiger partial charge in [-0.1, -0.05) is 13.3 Å². The second-order valence-corrected chi connectivity index (χ2v) is 8.78. The van der Waals surface area contributed by atoms with Gasteiger partial charge in [-0.25, -0.2) is 8.42 Å². The lowest BCUT2D eigenvalue weighted by atomic mass is 10.2. The summed E-state index contributed by atoms with van der Waals surface area (Å²) in [6.45, 7) is 2.72. The molecule has 2 heterocycles. The molecular formula is C15H23NO4S2. The summed E-state index contributed by atoms with van der Waals surface area (Å²) in [4.78, 5) is 14.2. The zero-order valence-corrected chi connectivity index (χ0v) is 14.5. The van der Waals surface area contributed by atoms with E-state index in [-0.39, 0.29) is 23.5 Å². The number of carbonyl (C=O) groups is 1. The molecule has 0 aliphatic carbocycles. The summed E-state index contributed by atoms with van der Waals surface area (Å²) >= 11 is 1.51. The van der Waals surface area contributed by atoms with Crippen LogP contribution in [0.4, 0.5) is 0 Å². The molecular weight excluding hydrogens is 322 g/mol. The lowest BCUT2D eigenvalue weighted by Gasteiger charge is -2.28. The molecule has 0 N–H and O–H groups in total. The SMILES string of the molecule is CCCCN(C(=O)CSCc1ccco1)C1CCS(=O)(=O)C1. The zero-order chi connectivity index (χ0) is 16.0. The summed E-state index contributed by atoms with van der Waals surface area (Å²) in [5, 5.41) is 0. The first-order valence-electron chi connectivity index (χ1n) is 7.62. The average molecular weight is 345 g/mol. The number of furan rings is 1. The maximum Gasteiger partial charge on any atom is 0.232 e. The normalized spacial score (nSPS) is 20.1. The Balaban J connectivity index is 1.88. The number of sulfone groups is 1. The third-order valence-electron chi connectivity index (χ3n) is 3.77. The molecule has 7 heteroatoms. The van der Waals surface area contributed by atoms with Crippen molar-refractivity contribution in [1.82, 2.24) is 4.90 Å². The average Bonchev–Trinajstić information content (AvgIpc) is 3.09. The van der Waals surface area contributed by atoms with E-state index < -0.39 is 9.84 Å². The van der Waals surface area contributed by atoms with Gasteiger partial charge in [0.2, 0.25) is 5.91 Å². The van der Waals surface area contributed by atoms with Crippen molar-refractivity contribution in [2.24, 2.45) is 0 Å². The largest absolute Gasteiger partial charge is 0.468 e. The minimum absolute atomic E-state index is 0.0344. The van der Waals surface area contributed by atoms with E-state index in [0.717, 1.165) is 18.6 Å². The van der Waals surface area contributed by atoms with Crippen LogP contribution in [0.5, 0.6) is 0 Å². The van der Waals surface area contributed by atoms with E-state index in [0.29, 0.717) is 24.5 Å². The van der Waals surface area contributed by atoms with E-state index >= 15 is 0 Å². The number of hydrogen-bond acceptors (Lipinski definition) is 5. The van der Waals surface area contributed by atoms with Gasteiger partial charge in [-0.3, -0.25) is 4.79 Å². The van der Waals surface area contributed by atoms with E-state index in [2.05, 4.69) is 6.92 Å². The van der Waals surface area contributed by atoms with E-state index in [4.69, 9.17) is 4.42 Å². The van der Waals surface area contributed by atoms with Crippen molar-refractivity contribution in [3.05, 3.63) is 24.2 Å². The summed E-state index contributed by atoms with van der Waals surface area (Å²) in [7, 11) is -2.97. The van der Waals surface area contributed by atoms with Gasteiger partial charge < -0.3 is 9.32 Å². The molecule has 0 bridgehead atoms. The first-order chi connectivity index (χ1) is 10.5. The fourth-order valence-corrected chi connectivity index (χ4v) is 5.12. The predicted octanol–water partition coefficient (Wildman–Crippen LogP) is 2.33. The van der Waals surface area contributed by atoms with Crippen LogP contribution in [0.25, 0.3) is 0 Å². The highest BCUT2D eigenvalue weighted by atomic mass is 32.2. The molecule has 1 aromatic rings. The molecule has 22 heavy (non-hydrogen) atoms. The molecule has 1 saturated heterocycles. The number of amides is 1. The van der Waals surface area contributed by atoms with Crippen LogP contribution in [-0.2, 0) is 20.4 Å². The van der Waals surface area contributed by atoms with Gasteiger partial charge in [0.25, 0.3) is 0 Å². The quantitative estimate of drug-likeness (QED) is 0.723. The summed E-state index contributed by atoms with van der Waals surface area (Å²) in [5.41, 5.74) is 0. The maximum absolute atomic E-state index is 12.5. The van der Waals surface area contributed by atoms with Crippen LogP contribution in [0.3, 0.4) is 0 Å². The van der Waals surface area contributed by atoms with Crippen LogP contribution >= 0.6 is 11.8 Å². The third kappa shape index (κ3) is 5.05. The standard InChI is InChI=1S/C15H23NO4S2/c1-2-3-7-16(13-6-9-22(18,19)12-13)15(17)11-21-10-14-5-4-8-20-14/h4-5,8,13H,2-3,6-7,9-12H2,1H3. The highest BCUT2D eigenvalue weighted by Crippen LogP contribution is 2.20. The van der Waals surface area contributed by atoms with Gasteiger partial charge in [0, 0.05) is 12.6 Å². The van der Waals surface area contributed by atoms with Crippen LogP contribution in [0.1, 0.15) is 31.9 Å². The Morgan fingerprint density at radius 2 is 2.32 bits per heavy atom. The van der Waals surface area contributed by atoms with Crippen LogP contribution in [0.15, 0.2) is 22.8 Å². The van der Waals surface area contributed by atoms with Gasteiger partial charge in [0.15, 0.2) is 9.84 Å². The Morgan fingerprint density at radius 1 is 1.50 bits per heavy atom. The summed E-state index contributed by atoms with van der Waals surface area (Å²) < 4.78 is 28.6. The van der Waals surface area contributed by atoms with Crippen LogP contribution < -0.4 is 0 Å². The van der Waals surface area contributed by atoms with Crippen molar-refractivity contribution >= 4 is 27.5 Å². The topological polar surface area (TPSA) is 67.6 Å². The molecule has 1 unspecified atom stereocenters. The lowest BCUT2D eigenvalue weighted by molar-refractivity contribution is -0.130. The number of carbonyl (C=O) groups excluding carboxylic acids is 1. The van der Waals surface area contributed by atoms with E-state index in [9.17, 15) is 13.2 Å². The Hall–Kier alpha value is -0.950. The monoisotopic (exact) mass is 345 g/mol.